The molecular formula is C9H14ClNO2S. The molecule has 0 saturated carbocycles. The van der Waals surface area contributed by atoms with Crippen molar-refractivity contribution in [2.24, 2.45) is 0 Å². The van der Waals surface area contributed by atoms with Gasteiger partial charge in [-0.2, -0.15) is 11.8 Å². The van der Waals surface area contributed by atoms with Gasteiger partial charge in [0.2, 0.25) is 5.91 Å². The summed E-state index contributed by atoms with van der Waals surface area (Å²) >= 11 is 7.23. The minimum Gasteiger partial charge on any atom is -0.338 e. The van der Waals surface area contributed by atoms with Crippen LogP contribution < -0.4 is 0 Å². The first kappa shape index (κ1) is 11.9. The van der Waals surface area contributed by atoms with Crippen LogP contribution in [-0.2, 0) is 9.59 Å². The smallest absolute Gasteiger partial charge is 0.219 e. The summed E-state index contributed by atoms with van der Waals surface area (Å²) < 4.78 is 0. The Bertz CT molecular complexity index is 235. The molecule has 0 aliphatic carbocycles. The van der Waals surface area contributed by atoms with E-state index in [-0.39, 0.29) is 23.6 Å². The summed E-state index contributed by atoms with van der Waals surface area (Å²) in [6, 6.07) is 0.0532. The maximum absolute atomic E-state index is 11.3. The molecule has 1 saturated heterocycles. The number of nitrogens with zero attached hydrogens (tertiary/aromatic N) is 1. The molecule has 0 aromatic heterocycles. The van der Waals surface area contributed by atoms with Gasteiger partial charge in [-0.15, -0.1) is 11.6 Å². The monoisotopic (exact) mass is 235 g/mol. The fraction of sp³-hybridized carbons (Fsp3) is 0.778. The highest BCUT2D eigenvalue weighted by molar-refractivity contribution is 7.99. The molecule has 3 nitrogen and oxygen atoms in total. The molecule has 0 aromatic rings. The summed E-state index contributed by atoms with van der Waals surface area (Å²) in [5.41, 5.74) is 0. The molecule has 0 bridgehead atoms. The Morgan fingerprint density at radius 3 is 2.86 bits per heavy atom. The third kappa shape index (κ3) is 3.17. The largest absolute Gasteiger partial charge is 0.338 e. The van der Waals surface area contributed by atoms with Crippen LogP contribution in [0, 0.1) is 0 Å². The standard InChI is InChI=1S/C9H14ClNO2S/c1-7(12)11-2-3-14-6-8(11)4-9(13)5-10/h8H,2-6H2,1H3. The molecule has 1 amide bonds. The maximum Gasteiger partial charge on any atom is 0.219 e. The average molecular weight is 236 g/mol. The van der Waals surface area contributed by atoms with Gasteiger partial charge in [-0.1, -0.05) is 0 Å². The summed E-state index contributed by atoms with van der Waals surface area (Å²) in [5, 5.41) is 0. The zero-order valence-electron chi connectivity index (χ0n) is 8.16. The minimum atomic E-state index is 0.0189. The van der Waals surface area contributed by atoms with Crippen molar-refractivity contribution in [1.29, 1.82) is 0 Å². The second kappa shape index (κ2) is 5.61. The number of halogens is 1. The molecule has 1 unspecified atom stereocenters. The maximum atomic E-state index is 11.3. The van der Waals surface area contributed by atoms with E-state index in [1.165, 1.54) is 0 Å². The molecule has 0 aromatic carbocycles. The first-order valence-corrected chi connectivity index (χ1v) is 6.26. The summed E-state index contributed by atoms with van der Waals surface area (Å²) in [5.74, 6) is 1.93. The summed E-state index contributed by atoms with van der Waals surface area (Å²) in [4.78, 5) is 24.2. The number of Topliss-reactive ketones (excluding diaryl/α,β-unsaturated/α-hetero) is 1. The number of ketones is 1. The van der Waals surface area contributed by atoms with Crippen LogP contribution in [0.25, 0.3) is 0 Å². The van der Waals surface area contributed by atoms with Gasteiger partial charge in [-0.3, -0.25) is 9.59 Å². The van der Waals surface area contributed by atoms with E-state index in [0.29, 0.717) is 6.42 Å². The van der Waals surface area contributed by atoms with Gasteiger partial charge in [0, 0.05) is 37.4 Å². The van der Waals surface area contributed by atoms with Crippen molar-refractivity contribution in [3.63, 3.8) is 0 Å². The van der Waals surface area contributed by atoms with Crippen LogP contribution in [-0.4, -0.2) is 46.6 Å². The van der Waals surface area contributed by atoms with Crippen LogP contribution in [0.1, 0.15) is 13.3 Å². The second-order valence-corrected chi connectivity index (χ2v) is 4.73. The third-order valence-corrected chi connectivity index (χ3v) is 3.63. The van der Waals surface area contributed by atoms with Gasteiger partial charge < -0.3 is 4.90 Å². The molecule has 14 heavy (non-hydrogen) atoms. The third-order valence-electron chi connectivity index (χ3n) is 2.24. The first-order chi connectivity index (χ1) is 6.65. The quantitative estimate of drug-likeness (QED) is 0.689. The molecule has 1 aliphatic heterocycles. The minimum absolute atomic E-state index is 0.0189. The summed E-state index contributed by atoms with van der Waals surface area (Å²) in [7, 11) is 0. The van der Waals surface area contributed by atoms with Crippen LogP contribution in [0.4, 0.5) is 0 Å². The lowest BCUT2D eigenvalue weighted by Gasteiger charge is -2.34. The van der Waals surface area contributed by atoms with E-state index in [0.717, 1.165) is 18.1 Å². The van der Waals surface area contributed by atoms with Gasteiger partial charge in [0.1, 0.15) is 5.78 Å². The highest BCUT2D eigenvalue weighted by atomic mass is 35.5. The number of rotatable bonds is 3. The molecule has 0 N–H and O–H groups in total. The van der Waals surface area contributed by atoms with Gasteiger partial charge in [-0.05, 0) is 0 Å². The van der Waals surface area contributed by atoms with E-state index in [1.807, 2.05) is 0 Å². The van der Waals surface area contributed by atoms with Gasteiger partial charge in [-0.25, -0.2) is 0 Å². The predicted molar refractivity (Wildman–Crippen MR) is 58.8 cm³/mol. The zero-order valence-corrected chi connectivity index (χ0v) is 9.74. The zero-order chi connectivity index (χ0) is 10.6. The number of thioether (sulfide) groups is 1. The Morgan fingerprint density at radius 2 is 2.29 bits per heavy atom. The van der Waals surface area contributed by atoms with Crippen molar-refractivity contribution < 1.29 is 9.59 Å². The fourth-order valence-corrected chi connectivity index (χ4v) is 2.73. The van der Waals surface area contributed by atoms with Gasteiger partial charge in [0.05, 0.1) is 5.88 Å². The van der Waals surface area contributed by atoms with E-state index < -0.39 is 0 Å². The van der Waals surface area contributed by atoms with Crippen LogP contribution in [0.3, 0.4) is 0 Å². The van der Waals surface area contributed by atoms with E-state index in [1.54, 1.807) is 23.6 Å². The number of amides is 1. The van der Waals surface area contributed by atoms with Gasteiger partial charge >= 0.3 is 0 Å². The Kier molecular flexibility index (Phi) is 4.75. The summed E-state index contributed by atoms with van der Waals surface area (Å²) in [6.07, 6.45) is 0.399. The number of carbonyl (C=O) groups is 2. The van der Waals surface area contributed by atoms with Crippen molar-refractivity contribution in [2.75, 3.05) is 23.9 Å². The SMILES string of the molecule is CC(=O)N1CCSCC1CC(=O)CCl. The molecule has 5 heteroatoms. The van der Waals surface area contributed by atoms with Crippen molar-refractivity contribution in [3.05, 3.63) is 0 Å². The van der Waals surface area contributed by atoms with Gasteiger partial charge in [0.15, 0.2) is 0 Å². The van der Waals surface area contributed by atoms with Gasteiger partial charge in [0.25, 0.3) is 0 Å². The Balaban J connectivity index is 2.54. The molecule has 1 atom stereocenters. The van der Waals surface area contributed by atoms with E-state index in [4.69, 9.17) is 11.6 Å². The lowest BCUT2D eigenvalue weighted by Crippen LogP contribution is -2.46. The molecule has 1 rings (SSSR count). The summed E-state index contributed by atoms with van der Waals surface area (Å²) in [6.45, 7) is 2.30. The van der Waals surface area contributed by atoms with Crippen LogP contribution in [0.2, 0.25) is 0 Å². The van der Waals surface area contributed by atoms with E-state index >= 15 is 0 Å². The van der Waals surface area contributed by atoms with E-state index in [2.05, 4.69) is 0 Å². The van der Waals surface area contributed by atoms with Crippen molar-refractivity contribution >= 4 is 35.1 Å². The van der Waals surface area contributed by atoms with E-state index in [9.17, 15) is 9.59 Å². The fourth-order valence-electron chi connectivity index (χ4n) is 1.56. The Morgan fingerprint density at radius 1 is 1.57 bits per heavy atom. The number of hydrogen-bond donors (Lipinski definition) is 0. The molecule has 1 fully saturated rings. The van der Waals surface area contributed by atoms with Crippen LogP contribution in [0.5, 0.6) is 0 Å². The van der Waals surface area contributed by atoms with Crippen molar-refractivity contribution in [3.8, 4) is 0 Å². The highest BCUT2D eigenvalue weighted by Gasteiger charge is 2.26. The lowest BCUT2D eigenvalue weighted by molar-refractivity contribution is -0.131. The second-order valence-electron chi connectivity index (χ2n) is 3.32. The Labute approximate surface area is 93.2 Å². The molecule has 0 radical (unpaired) electrons. The Hall–Kier alpha value is -0.220. The first-order valence-electron chi connectivity index (χ1n) is 4.57. The van der Waals surface area contributed by atoms with Crippen LogP contribution >= 0.6 is 23.4 Å². The topological polar surface area (TPSA) is 37.4 Å². The molecule has 0 spiro atoms. The molecule has 1 aliphatic rings. The predicted octanol–water partition coefficient (Wildman–Crippen LogP) is 1.15. The molecular weight excluding hydrogens is 222 g/mol. The molecule has 1 heterocycles. The van der Waals surface area contributed by atoms with Crippen molar-refractivity contribution in [1.82, 2.24) is 4.90 Å². The van der Waals surface area contributed by atoms with Crippen LogP contribution in [0.15, 0.2) is 0 Å². The normalized spacial score (nSPS) is 22.1. The number of alkyl halides is 1. The number of hydrogen-bond acceptors (Lipinski definition) is 3. The molecule has 80 valence electrons. The average Bonchev–Trinajstić information content (AvgIpc) is 2.18. The number of carbonyl (C=O) groups excluding carboxylic acids is 2. The highest BCUT2D eigenvalue weighted by Crippen LogP contribution is 2.19. The van der Waals surface area contributed by atoms with Crippen molar-refractivity contribution in [2.45, 2.75) is 19.4 Å². The lowest BCUT2D eigenvalue weighted by atomic mass is 10.1.